The summed E-state index contributed by atoms with van der Waals surface area (Å²) in [6, 6.07) is 7.19. The molecule has 3 rings (SSSR count). The number of benzene rings is 1. The molecular formula is C14H17ClN6O. The summed E-state index contributed by atoms with van der Waals surface area (Å²) in [5.41, 5.74) is 0.821. The van der Waals surface area contributed by atoms with Crippen LogP contribution in [-0.2, 0) is 11.3 Å². The van der Waals surface area contributed by atoms with E-state index in [-0.39, 0.29) is 12.5 Å². The molecule has 0 spiro atoms. The number of amides is 1. The summed E-state index contributed by atoms with van der Waals surface area (Å²) in [5.74, 6) is 0.505. The molecule has 0 aliphatic carbocycles. The fraction of sp³-hybridized carbons (Fsp3) is 0.429. The van der Waals surface area contributed by atoms with Crippen molar-refractivity contribution in [3.8, 4) is 11.4 Å². The summed E-state index contributed by atoms with van der Waals surface area (Å²) in [4.78, 5) is 15.4. The van der Waals surface area contributed by atoms with Crippen molar-refractivity contribution in [1.82, 2.24) is 30.4 Å². The van der Waals surface area contributed by atoms with E-state index in [2.05, 4.69) is 20.7 Å². The van der Waals surface area contributed by atoms with Gasteiger partial charge in [-0.05, 0) is 42.4 Å². The Labute approximate surface area is 133 Å². The quantitative estimate of drug-likeness (QED) is 0.906. The lowest BCUT2D eigenvalue weighted by atomic mass is 10.2. The van der Waals surface area contributed by atoms with Crippen molar-refractivity contribution in [2.75, 3.05) is 26.2 Å². The van der Waals surface area contributed by atoms with E-state index in [1.165, 1.54) is 4.80 Å². The van der Waals surface area contributed by atoms with Gasteiger partial charge < -0.3 is 10.2 Å². The van der Waals surface area contributed by atoms with Gasteiger partial charge in [0.15, 0.2) is 0 Å². The molecule has 0 unspecified atom stereocenters. The zero-order valence-corrected chi connectivity index (χ0v) is 12.8. The average molecular weight is 321 g/mol. The number of hydrogen-bond acceptors (Lipinski definition) is 5. The van der Waals surface area contributed by atoms with Crippen LogP contribution in [0.15, 0.2) is 24.3 Å². The van der Waals surface area contributed by atoms with Crippen LogP contribution in [0.1, 0.15) is 6.42 Å². The monoisotopic (exact) mass is 320 g/mol. The number of nitrogens with one attached hydrogen (secondary N) is 1. The molecule has 2 aromatic rings. The van der Waals surface area contributed by atoms with Crippen LogP contribution in [-0.4, -0.2) is 57.2 Å². The minimum absolute atomic E-state index is 0.0174. The Kier molecular flexibility index (Phi) is 4.65. The summed E-state index contributed by atoms with van der Waals surface area (Å²) in [6.07, 6.45) is 0.965. The zero-order chi connectivity index (χ0) is 15.4. The minimum atomic E-state index is 0.0174. The second kappa shape index (κ2) is 6.85. The van der Waals surface area contributed by atoms with Crippen LogP contribution in [0.4, 0.5) is 0 Å². The maximum atomic E-state index is 12.3. The summed E-state index contributed by atoms with van der Waals surface area (Å²) < 4.78 is 0. The van der Waals surface area contributed by atoms with Gasteiger partial charge >= 0.3 is 0 Å². The molecule has 7 nitrogen and oxygen atoms in total. The highest BCUT2D eigenvalue weighted by molar-refractivity contribution is 6.30. The first-order valence-corrected chi connectivity index (χ1v) is 7.62. The fourth-order valence-electron chi connectivity index (χ4n) is 2.34. The van der Waals surface area contributed by atoms with Gasteiger partial charge in [0.25, 0.3) is 0 Å². The summed E-state index contributed by atoms with van der Waals surface area (Å²) in [5, 5.41) is 16.1. The van der Waals surface area contributed by atoms with Gasteiger partial charge in [0.1, 0.15) is 6.54 Å². The Morgan fingerprint density at radius 1 is 1.23 bits per heavy atom. The van der Waals surface area contributed by atoms with Crippen LogP contribution in [0.5, 0.6) is 0 Å². The summed E-state index contributed by atoms with van der Waals surface area (Å²) in [6.45, 7) is 3.38. The van der Waals surface area contributed by atoms with Gasteiger partial charge in [-0.1, -0.05) is 11.6 Å². The zero-order valence-electron chi connectivity index (χ0n) is 12.1. The number of carbonyl (C=O) groups excluding carboxylic acids is 1. The van der Waals surface area contributed by atoms with Crippen molar-refractivity contribution in [2.24, 2.45) is 0 Å². The van der Waals surface area contributed by atoms with Crippen molar-refractivity contribution < 1.29 is 4.79 Å². The minimum Gasteiger partial charge on any atom is -0.340 e. The topological polar surface area (TPSA) is 75.9 Å². The first-order valence-electron chi connectivity index (χ1n) is 7.24. The van der Waals surface area contributed by atoms with Crippen molar-refractivity contribution in [3.05, 3.63) is 29.3 Å². The first-order chi connectivity index (χ1) is 10.7. The molecule has 0 atom stereocenters. The standard InChI is InChI=1S/C14H17ClN6O/c15-12-4-2-11(3-5-12)14-17-19-21(18-14)10-13(22)20-8-1-6-16-7-9-20/h2-5,16H,1,6-10H2. The van der Waals surface area contributed by atoms with E-state index in [9.17, 15) is 4.79 Å². The molecular weight excluding hydrogens is 304 g/mol. The molecule has 1 amide bonds. The molecule has 1 saturated heterocycles. The van der Waals surface area contributed by atoms with Crippen LogP contribution < -0.4 is 5.32 Å². The molecule has 2 heterocycles. The van der Waals surface area contributed by atoms with Crippen LogP contribution in [0.2, 0.25) is 5.02 Å². The van der Waals surface area contributed by atoms with E-state index in [0.717, 1.165) is 38.2 Å². The molecule has 1 aliphatic heterocycles. The number of tetrazole rings is 1. The molecule has 1 fully saturated rings. The molecule has 1 aromatic heterocycles. The smallest absolute Gasteiger partial charge is 0.246 e. The van der Waals surface area contributed by atoms with E-state index in [1.54, 1.807) is 12.1 Å². The van der Waals surface area contributed by atoms with Gasteiger partial charge in [0.2, 0.25) is 11.7 Å². The van der Waals surface area contributed by atoms with Crippen molar-refractivity contribution in [2.45, 2.75) is 13.0 Å². The molecule has 8 heteroatoms. The molecule has 1 N–H and O–H groups in total. The third-order valence-corrected chi connectivity index (χ3v) is 3.78. The van der Waals surface area contributed by atoms with Crippen LogP contribution in [0.25, 0.3) is 11.4 Å². The third-order valence-electron chi connectivity index (χ3n) is 3.52. The molecule has 1 aromatic carbocycles. The Bertz CT molecular complexity index is 633. The lowest BCUT2D eigenvalue weighted by Gasteiger charge is -2.19. The van der Waals surface area contributed by atoms with E-state index in [4.69, 9.17) is 11.6 Å². The summed E-state index contributed by atoms with van der Waals surface area (Å²) >= 11 is 5.86. The first kappa shape index (κ1) is 14.9. The highest BCUT2D eigenvalue weighted by atomic mass is 35.5. The average Bonchev–Trinajstić information content (AvgIpc) is 2.81. The number of nitrogens with zero attached hydrogens (tertiary/aromatic N) is 5. The maximum Gasteiger partial charge on any atom is 0.246 e. The molecule has 22 heavy (non-hydrogen) atoms. The molecule has 116 valence electrons. The molecule has 1 aliphatic rings. The number of hydrogen-bond donors (Lipinski definition) is 1. The lowest BCUT2D eigenvalue weighted by Crippen LogP contribution is -2.36. The molecule has 0 saturated carbocycles. The van der Waals surface area contributed by atoms with Gasteiger partial charge in [-0.3, -0.25) is 4.79 Å². The van der Waals surface area contributed by atoms with Gasteiger partial charge in [-0.2, -0.15) is 4.80 Å². The Hall–Kier alpha value is -1.99. The Morgan fingerprint density at radius 2 is 2.05 bits per heavy atom. The van der Waals surface area contributed by atoms with Crippen molar-refractivity contribution in [1.29, 1.82) is 0 Å². The second-order valence-electron chi connectivity index (χ2n) is 5.13. The largest absolute Gasteiger partial charge is 0.340 e. The predicted molar refractivity (Wildman–Crippen MR) is 82.3 cm³/mol. The van der Waals surface area contributed by atoms with E-state index in [1.807, 2.05) is 17.0 Å². The molecule has 0 radical (unpaired) electrons. The Balaban J connectivity index is 1.66. The van der Waals surface area contributed by atoms with Gasteiger partial charge in [0, 0.05) is 30.2 Å². The second-order valence-corrected chi connectivity index (χ2v) is 5.57. The number of carbonyl (C=O) groups is 1. The van der Waals surface area contributed by atoms with Crippen LogP contribution >= 0.6 is 11.6 Å². The number of halogens is 1. The summed E-state index contributed by atoms with van der Waals surface area (Å²) in [7, 11) is 0. The number of aromatic nitrogens is 4. The van der Waals surface area contributed by atoms with Gasteiger partial charge in [-0.15, -0.1) is 10.2 Å². The highest BCUT2D eigenvalue weighted by Gasteiger charge is 2.17. The van der Waals surface area contributed by atoms with Crippen molar-refractivity contribution >= 4 is 17.5 Å². The van der Waals surface area contributed by atoms with Crippen LogP contribution in [0, 0.1) is 0 Å². The fourth-order valence-corrected chi connectivity index (χ4v) is 2.47. The van der Waals surface area contributed by atoms with E-state index in [0.29, 0.717) is 10.8 Å². The normalized spacial score (nSPS) is 15.6. The Morgan fingerprint density at radius 3 is 2.86 bits per heavy atom. The predicted octanol–water partition coefficient (Wildman–Crippen LogP) is 0.815. The van der Waals surface area contributed by atoms with Crippen LogP contribution in [0.3, 0.4) is 0 Å². The van der Waals surface area contributed by atoms with E-state index < -0.39 is 0 Å². The maximum absolute atomic E-state index is 12.3. The third kappa shape index (κ3) is 3.61. The van der Waals surface area contributed by atoms with Gasteiger partial charge in [0.05, 0.1) is 0 Å². The van der Waals surface area contributed by atoms with E-state index >= 15 is 0 Å². The van der Waals surface area contributed by atoms with Gasteiger partial charge in [-0.25, -0.2) is 0 Å². The molecule has 0 bridgehead atoms. The number of rotatable bonds is 3. The van der Waals surface area contributed by atoms with Crippen molar-refractivity contribution in [3.63, 3.8) is 0 Å². The lowest BCUT2D eigenvalue weighted by molar-refractivity contribution is -0.132. The highest BCUT2D eigenvalue weighted by Crippen LogP contribution is 2.16. The SMILES string of the molecule is O=C(Cn1nnc(-c2ccc(Cl)cc2)n1)N1CCCNCC1.